The van der Waals surface area contributed by atoms with Crippen molar-refractivity contribution in [2.24, 2.45) is 0 Å². The Morgan fingerprint density at radius 1 is 1.26 bits per heavy atom. The summed E-state index contributed by atoms with van der Waals surface area (Å²) in [6.07, 6.45) is 3.10. The summed E-state index contributed by atoms with van der Waals surface area (Å²) < 4.78 is 18.9. The van der Waals surface area contributed by atoms with Crippen molar-refractivity contribution in [3.63, 3.8) is 0 Å². The highest BCUT2D eigenvalue weighted by molar-refractivity contribution is 5.36. The monoisotopic (exact) mass is 257 g/mol. The largest absolute Gasteiger partial charge is 0.487 e. The zero-order chi connectivity index (χ0) is 13.5. The topological polar surface area (TPSA) is 42.4 Å². The highest BCUT2D eigenvalue weighted by Crippen LogP contribution is 2.14. The lowest BCUT2D eigenvalue weighted by Gasteiger charge is -2.06. The van der Waals surface area contributed by atoms with Gasteiger partial charge in [0.05, 0.1) is 6.20 Å². The highest BCUT2D eigenvalue weighted by Gasteiger charge is 2.02. The zero-order valence-electron chi connectivity index (χ0n) is 10.1. The third-order valence-corrected chi connectivity index (χ3v) is 2.38. The molecular weight excluding hydrogens is 245 g/mol. The molecule has 2 rings (SSSR count). The van der Waals surface area contributed by atoms with E-state index in [9.17, 15) is 4.39 Å². The molecule has 0 atom stereocenters. The van der Waals surface area contributed by atoms with E-state index in [4.69, 9.17) is 9.84 Å². The number of benzene rings is 1. The van der Waals surface area contributed by atoms with Crippen LogP contribution in [0.2, 0.25) is 0 Å². The molecule has 0 unspecified atom stereocenters. The number of pyridine rings is 1. The predicted molar refractivity (Wildman–Crippen MR) is 68.9 cm³/mol. The highest BCUT2D eigenvalue weighted by atomic mass is 19.1. The minimum Gasteiger partial charge on any atom is -0.487 e. The van der Waals surface area contributed by atoms with E-state index in [-0.39, 0.29) is 19.0 Å². The molecule has 0 aliphatic heterocycles. The van der Waals surface area contributed by atoms with Gasteiger partial charge in [-0.1, -0.05) is 30.0 Å². The maximum Gasteiger partial charge on any atom is 0.139 e. The van der Waals surface area contributed by atoms with Crippen molar-refractivity contribution in [1.82, 2.24) is 4.98 Å². The molecule has 0 aliphatic rings. The molecule has 0 amide bonds. The number of nitrogens with zero attached hydrogens (tertiary/aromatic N) is 1. The van der Waals surface area contributed by atoms with Gasteiger partial charge in [-0.15, -0.1) is 0 Å². The lowest BCUT2D eigenvalue weighted by Crippen LogP contribution is -1.98. The van der Waals surface area contributed by atoms with Crippen LogP contribution in [0.25, 0.3) is 0 Å². The Morgan fingerprint density at radius 2 is 2.11 bits per heavy atom. The molecule has 1 aromatic heterocycles. The van der Waals surface area contributed by atoms with Crippen molar-refractivity contribution in [2.75, 3.05) is 6.61 Å². The molecule has 0 spiro atoms. The minimum atomic E-state index is -0.299. The Labute approximate surface area is 110 Å². The number of aliphatic hydroxyl groups excluding tert-OH is 1. The van der Waals surface area contributed by atoms with Crippen LogP contribution in [-0.2, 0) is 6.61 Å². The zero-order valence-corrected chi connectivity index (χ0v) is 10.1. The number of rotatable bonds is 3. The molecule has 4 heteroatoms. The number of halogens is 1. The van der Waals surface area contributed by atoms with Crippen LogP contribution in [-0.4, -0.2) is 16.7 Å². The van der Waals surface area contributed by atoms with E-state index in [2.05, 4.69) is 16.8 Å². The molecule has 0 bridgehead atoms. The van der Waals surface area contributed by atoms with Crippen LogP contribution in [0.5, 0.6) is 5.75 Å². The quantitative estimate of drug-likeness (QED) is 0.857. The molecule has 1 aromatic carbocycles. The standard InChI is InChI=1S/C15H12FNO2/c16-15-6-2-1-5-13(15)11-19-14-8-12(4-3-7-18)9-17-10-14/h1-2,5-6,8-10,18H,7,11H2. The van der Waals surface area contributed by atoms with E-state index >= 15 is 0 Å². The van der Waals surface area contributed by atoms with E-state index in [1.54, 1.807) is 30.5 Å². The normalized spacial score (nSPS) is 9.58. The third kappa shape index (κ3) is 3.80. The van der Waals surface area contributed by atoms with Gasteiger partial charge in [0.2, 0.25) is 0 Å². The third-order valence-electron chi connectivity index (χ3n) is 2.38. The molecule has 96 valence electrons. The molecule has 2 aromatic rings. The molecular formula is C15H12FNO2. The van der Waals surface area contributed by atoms with E-state index in [1.807, 2.05) is 0 Å². The summed E-state index contributed by atoms with van der Waals surface area (Å²) >= 11 is 0. The molecule has 1 heterocycles. The fraction of sp³-hybridized carbons (Fsp3) is 0.133. The Bertz CT molecular complexity index is 617. The maximum absolute atomic E-state index is 13.4. The van der Waals surface area contributed by atoms with Crippen molar-refractivity contribution in [3.05, 3.63) is 59.7 Å². The van der Waals surface area contributed by atoms with Gasteiger partial charge < -0.3 is 9.84 Å². The summed E-state index contributed by atoms with van der Waals surface area (Å²) in [7, 11) is 0. The summed E-state index contributed by atoms with van der Waals surface area (Å²) in [5.41, 5.74) is 1.12. The average molecular weight is 257 g/mol. The smallest absolute Gasteiger partial charge is 0.139 e. The second-order valence-corrected chi connectivity index (χ2v) is 3.75. The van der Waals surface area contributed by atoms with Gasteiger partial charge in [-0.2, -0.15) is 0 Å². The van der Waals surface area contributed by atoms with Crippen LogP contribution < -0.4 is 4.74 Å². The van der Waals surface area contributed by atoms with Crippen LogP contribution in [0, 0.1) is 17.7 Å². The van der Waals surface area contributed by atoms with Crippen molar-refractivity contribution in [3.8, 4) is 17.6 Å². The molecule has 1 N–H and O–H groups in total. The van der Waals surface area contributed by atoms with Crippen LogP contribution >= 0.6 is 0 Å². The van der Waals surface area contributed by atoms with Gasteiger partial charge in [0.15, 0.2) is 0 Å². The molecule has 0 fully saturated rings. The SMILES string of the molecule is OCC#Cc1cncc(OCc2ccccc2F)c1. The van der Waals surface area contributed by atoms with E-state index < -0.39 is 0 Å². The molecule has 3 nitrogen and oxygen atoms in total. The fourth-order valence-corrected chi connectivity index (χ4v) is 1.48. The summed E-state index contributed by atoms with van der Waals surface area (Å²) in [5.74, 6) is 5.46. The summed E-state index contributed by atoms with van der Waals surface area (Å²) in [6.45, 7) is -0.0778. The Morgan fingerprint density at radius 3 is 2.89 bits per heavy atom. The molecule has 0 radical (unpaired) electrons. The van der Waals surface area contributed by atoms with E-state index in [0.29, 0.717) is 16.9 Å². The number of aliphatic hydroxyl groups is 1. The van der Waals surface area contributed by atoms with Gasteiger partial charge in [-0.3, -0.25) is 4.98 Å². The average Bonchev–Trinajstić information content (AvgIpc) is 2.45. The molecule has 0 saturated heterocycles. The van der Waals surface area contributed by atoms with E-state index in [0.717, 1.165) is 0 Å². The molecule has 19 heavy (non-hydrogen) atoms. The van der Waals surface area contributed by atoms with Gasteiger partial charge in [0.25, 0.3) is 0 Å². The maximum atomic E-state index is 13.4. The van der Waals surface area contributed by atoms with E-state index in [1.165, 1.54) is 12.3 Å². The van der Waals surface area contributed by atoms with Gasteiger partial charge in [0, 0.05) is 17.3 Å². The summed E-state index contributed by atoms with van der Waals surface area (Å²) in [6, 6.07) is 8.13. The van der Waals surface area contributed by atoms with Gasteiger partial charge >= 0.3 is 0 Å². The van der Waals surface area contributed by atoms with Crippen molar-refractivity contribution >= 4 is 0 Å². The second kappa shape index (κ2) is 6.53. The van der Waals surface area contributed by atoms with Crippen LogP contribution in [0.3, 0.4) is 0 Å². The van der Waals surface area contributed by atoms with Crippen LogP contribution in [0.4, 0.5) is 4.39 Å². The second-order valence-electron chi connectivity index (χ2n) is 3.75. The van der Waals surface area contributed by atoms with Crippen molar-refractivity contribution < 1.29 is 14.2 Å². The number of ether oxygens (including phenoxy) is 1. The first-order valence-corrected chi connectivity index (χ1v) is 5.70. The number of hydrogen-bond acceptors (Lipinski definition) is 3. The fourth-order valence-electron chi connectivity index (χ4n) is 1.48. The number of hydrogen-bond donors (Lipinski definition) is 1. The lowest BCUT2D eigenvalue weighted by atomic mass is 10.2. The van der Waals surface area contributed by atoms with Gasteiger partial charge in [-0.25, -0.2) is 4.39 Å². The van der Waals surface area contributed by atoms with Gasteiger partial charge in [0.1, 0.15) is 24.8 Å². The van der Waals surface area contributed by atoms with Crippen LogP contribution in [0.1, 0.15) is 11.1 Å². The molecule has 0 saturated carbocycles. The summed E-state index contributed by atoms with van der Waals surface area (Å²) in [4.78, 5) is 3.97. The van der Waals surface area contributed by atoms with Crippen molar-refractivity contribution in [1.29, 1.82) is 0 Å². The minimum absolute atomic E-state index is 0.130. The first kappa shape index (κ1) is 13.1. The van der Waals surface area contributed by atoms with Crippen LogP contribution in [0.15, 0.2) is 42.7 Å². The predicted octanol–water partition coefficient (Wildman–Crippen LogP) is 2.14. The van der Waals surface area contributed by atoms with Gasteiger partial charge in [-0.05, 0) is 12.1 Å². The Balaban J connectivity index is 2.06. The first-order valence-electron chi connectivity index (χ1n) is 5.70. The first-order chi connectivity index (χ1) is 9.29. The Hall–Kier alpha value is -2.38. The lowest BCUT2D eigenvalue weighted by molar-refractivity contribution is 0.298. The Kier molecular flexibility index (Phi) is 4.49. The number of aromatic nitrogens is 1. The summed E-state index contributed by atoms with van der Waals surface area (Å²) in [5, 5.41) is 8.61. The van der Waals surface area contributed by atoms with Crippen molar-refractivity contribution in [2.45, 2.75) is 6.61 Å². The molecule has 0 aliphatic carbocycles.